The highest BCUT2D eigenvalue weighted by molar-refractivity contribution is 6.35. The van der Waals surface area contributed by atoms with Gasteiger partial charge in [-0.2, -0.15) is 0 Å². The lowest BCUT2D eigenvalue weighted by atomic mass is 9.92. The van der Waals surface area contributed by atoms with Crippen LogP contribution in [-0.4, -0.2) is 63.6 Å². The minimum absolute atomic E-state index is 0.0908. The Morgan fingerprint density at radius 1 is 1.05 bits per heavy atom. The van der Waals surface area contributed by atoms with Gasteiger partial charge in [0.25, 0.3) is 0 Å². The summed E-state index contributed by atoms with van der Waals surface area (Å²) < 4.78 is 24.0. The van der Waals surface area contributed by atoms with Crippen LogP contribution in [0.5, 0.6) is 0 Å². The van der Waals surface area contributed by atoms with E-state index in [0.717, 1.165) is 0 Å². The van der Waals surface area contributed by atoms with Crippen molar-refractivity contribution in [1.82, 2.24) is 15.0 Å². The van der Waals surface area contributed by atoms with Crippen LogP contribution in [0.2, 0.25) is 0 Å². The Balaban J connectivity index is 1.58. The summed E-state index contributed by atoms with van der Waals surface area (Å²) in [5.74, 6) is -1.62. The first-order valence-electron chi connectivity index (χ1n) is 12.3. The van der Waals surface area contributed by atoms with Crippen molar-refractivity contribution in [1.29, 1.82) is 0 Å². The van der Waals surface area contributed by atoms with E-state index in [4.69, 9.17) is 18.9 Å². The summed E-state index contributed by atoms with van der Waals surface area (Å²) in [7, 11) is 0. The predicted octanol–water partition coefficient (Wildman–Crippen LogP) is 3.01. The lowest BCUT2D eigenvalue weighted by Gasteiger charge is -2.37. The number of aromatic nitrogens is 3. The number of nitrogens with zero attached hydrogens (tertiary/aromatic N) is 3. The molecule has 11 heteroatoms. The fourth-order valence-corrected chi connectivity index (χ4v) is 4.45. The first-order valence-corrected chi connectivity index (χ1v) is 12.3. The van der Waals surface area contributed by atoms with Crippen LogP contribution < -0.4 is 0 Å². The van der Waals surface area contributed by atoms with E-state index in [1.54, 1.807) is 42.6 Å². The summed E-state index contributed by atoms with van der Waals surface area (Å²) in [5.41, 5.74) is 0.222. The van der Waals surface area contributed by atoms with Crippen molar-refractivity contribution < 1.29 is 38.1 Å². The fraction of sp³-hybridized carbons (Fsp3) is 0.407. The van der Waals surface area contributed by atoms with Gasteiger partial charge in [0.1, 0.15) is 35.8 Å². The molecule has 0 fully saturated rings. The van der Waals surface area contributed by atoms with E-state index in [1.807, 2.05) is 13.8 Å². The first-order chi connectivity index (χ1) is 18.2. The van der Waals surface area contributed by atoms with Gasteiger partial charge < -0.3 is 18.9 Å². The van der Waals surface area contributed by atoms with Gasteiger partial charge in [0.05, 0.1) is 6.20 Å². The molecular weight excluding hydrogens is 494 g/mol. The Labute approximate surface area is 219 Å². The van der Waals surface area contributed by atoms with E-state index in [-0.39, 0.29) is 23.9 Å². The van der Waals surface area contributed by atoms with Crippen LogP contribution in [0.1, 0.15) is 66.9 Å². The van der Waals surface area contributed by atoms with Crippen LogP contribution in [0, 0.1) is 0 Å². The van der Waals surface area contributed by atoms with Crippen LogP contribution in [-0.2, 0) is 34.1 Å². The highest BCUT2D eigenvalue weighted by atomic mass is 16.7. The number of fused-ring (bicyclic) bond motifs is 1. The van der Waals surface area contributed by atoms with Gasteiger partial charge in [-0.1, -0.05) is 43.3 Å². The molecule has 3 atom stereocenters. The molecule has 0 amide bonds. The van der Waals surface area contributed by atoms with Gasteiger partial charge in [-0.15, -0.1) is 5.10 Å². The molecule has 0 N–H and O–H groups in total. The average Bonchev–Trinajstić information content (AvgIpc) is 3.39. The predicted molar refractivity (Wildman–Crippen MR) is 133 cm³/mol. The smallest absolute Gasteiger partial charge is 0.303 e. The molecule has 0 unspecified atom stereocenters. The van der Waals surface area contributed by atoms with Crippen LogP contribution >= 0.6 is 0 Å². The Morgan fingerprint density at radius 2 is 1.76 bits per heavy atom. The number of Topliss-reactive ketones (excluding diaryl/α,β-unsaturated/α-hetero) is 1. The normalized spacial score (nSPS) is 21.1. The van der Waals surface area contributed by atoms with Crippen molar-refractivity contribution >= 4 is 29.2 Å². The summed E-state index contributed by atoms with van der Waals surface area (Å²) in [4.78, 5) is 48.6. The maximum Gasteiger partial charge on any atom is 0.303 e. The van der Waals surface area contributed by atoms with Crippen molar-refractivity contribution in [3.63, 3.8) is 0 Å². The monoisotopic (exact) mass is 523 g/mol. The lowest BCUT2D eigenvalue weighted by Crippen LogP contribution is -2.44. The third kappa shape index (κ3) is 5.48. The minimum Gasteiger partial charge on any atom is -0.463 e. The summed E-state index contributed by atoms with van der Waals surface area (Å²) in [6, 6.07) is 6.62. The molecule has 1 aromatic heterocycles. The van der Waals surface area contributed by atoms with Crippen LogP contribution in [0.4, 0.5) is 0 Å². The topological polar surface area (TPSA) is 136 Å². The number of benzene rings is 1. The maximum atomic E-state index is 13.1. The van der Waals surface area contributed by atoms with E-state index >= 15 is 0 Å². The van der Waals surface area contributed by atoms with E-state index < -0.39 is 36.0 Å². The highest BCUT2D eigenvalue weighted by Crippen LogP contribution is 2.35. The van der Waals surface area contributed by atoms with Gasteiger partial charge >= 0.3 is 11.9 Å². The van der Waals surface area contributed by atoms with Crippen molar-refractivity contribution in [3.05, 3.63) is 65.5 Å². The summed E-state index contributed by atoms with van der Waals surface area (Å²) in [5, 5.41) is 8.42. The molecule has 200 valence electrons. The summed E-state index contributed by atoms with van der Waals surface area (Å²) in [6.45, 7) is 6.25. The van der Waals surface area contributed by atoms with Crippen LogP contribution in [0.15, 0.2) is 48.7 Å². The van der Waals surface area contributed by atoms with Gasteiger partial charge in [0.15, 0.2) is 12.1 Å². The molecule has 4 rings (SSSR count). The molecule has 0 saturated heterocycles. The van der Waals surface area contributed by atoms with Gasteiger partial charge in [-0.05, 0) is 25.0 Å². The first kappa shape index (κ1) is 27.1. The second-order valence-electron chi connectivity index (χ2n) is 8.94. The Kier molecular flexibility index (Phi) is 7.98. The molecule has 11 nitrogen and oxygen atoms in total. The van der Waals surface area contributed by atoms with Gasteiger partial charge in [0.2, 0.25) is 5.78 Å². The van der Waals surface area contributed by atoms with Crippen molar-refractivity contribution in [3.8, 4) is 0 Å². The molecule has 1 aliphatic carbocycles. The average molecular weight is 524 g/mol. The second kappa shape index (κ2) is 11.2. The Hall–Kier alpha value is -3.96. The number of carbonyl (C=O) groups excluding carboxylic acids is 4. The molecule has 0 radical (unpaired) electrons. The number of ether oxygens (including phenoxy) is 4. The molecule has 38 heavy (non-hydrogen) atoms. The van der Waals surface area contributed by atoms with E-state index in [9.17, 15) is 19.2 Å². The zero-order valence-electron chi connectivity index (χ0n) is 21.6. The van der Waals surface area contributed by atoms with Crippen LogP contribution in [0.3, 0.4) is 0 Å². The molecule has 0 bridgehead atoms. The SMILES string of the molecule is CCC(CC)(O[C@@H]1C=C[C@H](OC(C)=O)[C@@H](COC(C)=O)O1)c1cn(C2=CC(=O)c3ccccc3C2=O)nn1. The van der Waals surface area contributed by atoms with Crippen molar-refractivity contribution in [2.45, 2.75) is 64.6 Å². The fourth-order valence-electron chi connectivity index (χ4n) is 4.45. The van der Waals surface area contributed by atoms with E-state index in [2.05, 4.69) is 10.3 Å². The van der Waals surface area contributed by atoms with E-state index in [0.29, 0.717) is 29.7 Å². The molecule has 2 aliphatic rings. The van der Waals surface area contributed by atoms with Gasteiger partial charge in [0, 0.05) is 31.1 Å². The van der Waals surface area contributed by atoms with Gasteiger partial charge in [-0.3, -0.25) is 19.2 Å². The number of allylic oxidation sites excluding steroid dienone is 2. The summed E-state index contributed by atoms with van der Waals surface area (Å²) >= 11 is 0. The quantitative estimate of drug-likeness (QED) is 0.356. The van der Waals surface area contributed by atoms with Crippen LogP contribution in [0.25, 0.3) is 5.70 Å². The highest BCUT2D eigenvalue weighted by Gasteiger charge is 2.39. The molecule has 1 aromatic carbocycles. The number of hydrogen-bond acceptors (Lipinski definition) is 10. The molecule has 0 saturated carbocycles. The maximum absolute atomic E-state index is 13.1. The number of rotatable bonds is 9. The number of esters is 2. The van der Waals surface area contributed by atoms with E-state index in [1.165, 1.54) is 24.6 Å². The Morgan fingerprint density at radius 3 is 2.42 bits per heavy atom. The third-order valence-corrected chi connectivity index (χ3v) is 6.51. The molecule has 1 aliphatic heterocycles. The summed E-state index contributed by atoms with van der Waals surface area (Å²) in [6.07, 6.45) is 4.62. The largest absolute Gasteiger partial charge is 0.463 e. The molecule has 0 spiro atoms. The number of ketones is 2. The standard InChI is InChI=1S/C27H29N3O8/c1-5-27(6-2,38-25-12-11-22(36-17(4)32)23(37-25)15-35-16(3)31)24-14-30(29-28-24)20-13-21(33)18-9-7-8-10-19(18)26(20)34/h7-14,22-23,25H,5-6,15H2,1-4H3/t22-,23+,25+/m0/s1. The zero-order valence-corrected chi connectivity index (χ0v) is 21.6. The molecular formula is C27H29N3O8. The Bertz CT molecular complexity index is 1310. The third-order valence-electron chi connectivity index (χ3n) is 6.51. The molecule has 2 aromatic rings. The van der Waals surface area contributed by atoms with Crippen molar-refractivity contribution in [2.24, 2.45) is 0 Å². The number of carbonyl (C=O) groups is 4. The minimum atomic E-state index is -0.965. The molecule has 2 heterocycles. The van der Waals surface area contributed by atoms with Crippen molar-refractivity contribution in [2.75, 3.05) is 6.61 Å². The van der Waals surface area contributed by atoms with Gasteiger partial charge in [-0.25, -0.2) is 4.68 Å². The number of hydrogen-bond donors (Lipinski definition) is 0. The lowest BCUT2D eigenvalue weighted by molar-refractivity contribution is -0.239. The second-order valence-corrected chi connectivity index (χ2v) is 8.94. The zero-order chi connectivity index (χ0) is 27.4.